The Morgan fingerprint density at radius 3 is 2.10 bits per heavy atom. The third-order valence-electron chi connectivity index (χ3n) is 6.61. The molecule has 0 aliphatic rings. The van der Waals surface area contributed by atoms with Crippen molar-refractivity contribution in [2.75, 3.05) is 18.0 Å². The summed E-state index contributed by atoms with van der Waals surface area (Å²) in [6.45, 7) is 7.05. The van der Waals surface area contributed by atoms with E-state index in [2.05, 4.69) is 5.32 Å². The molecule has 0 radical (unpaired) electrons. The fourth-order valence-corrected chi connectivity index (χ4v) is 5.37. The third-order valence-corrected chi connectivity index (χ3v) is 8.40. The maximum absolute atomic E-state index is 13.9. The van der Waals surface area contributed by atoms with E-state index in [1.54, 1.807) is 68.6 Å². The van der Waals surface area contributed by atoms with Gasteiger partial charge in [0.15, 0.2) is 0 Å². The van der Waals surface area contributed by atoms with Crippen LogP contribution < -0.4 is 14.4 Å². The molecule has 2 atom stereocenters. The van der Waals surface area contributed by atoms with Crippen molar-refractivity contribution in [3.05, 3.63) is 90.0 Å². The van der Waals surface area contributed by atoms with Crippen LogP contribution in [-0.4, -0.2) is 50.9 Å². The highest BCUT2D eigenvalue weighted by molar-refractivity contribution is 7.92. The van der Waals surface area contributed by atoms with E-state index in [0.717, 1.165) is 21.9 Å². The van der Waals surface area contributed by atoms with Crippen molar-refractivity contribution < 1.29 is 22.7 Å². The predicted octanol–water partition coefficient (Wildman–Crippen LogP) is 4.53. The smallest absolute Gasteiger partial charge is 0.264 e. The van der Waals surface area contributed by atoms with Crippen LogP contribution in [0.4, 0.5) is 5.69 Å². The highest BCUT2D eigenvalue weighted by Gasteiger charge is 2.32. The number of nitrogens with one attached hydrogen (secondary N) is 1. The SMILES string of the molecule is CC[C@H](C)NC(=O)[C@@H](C)N(Cc1ccc(OC)cc1)C(=O)CN(c1ccc(C)cc1)S(=O)(=O)c1ccccc1. The zero-order valence-corrected chi connectivity index (χ0v) is 23.9. The minimum Gasteiger partial charge on any atom is -0.497 e. The molecule has 0 heterocycles. The number of hydrogen-bond donors (Lipinski definition) is 1. The van der Waals surface area contributed by atoms with Crippen LogP contribution in [0.2, 0.25) is 0 Å². The Kier molecular flexibility index (Phi) is 10.1. The van der Waals surface area contributed by atoms with Crippen LogP contribution in [0.5, 0.6) is 5.75 Å². The molecule has 9 heteroatoms. The normalized spacial score (nSPS) is 12.7. The molecule has 0 aromatic heterocycles. The van der Waals surface area contributed by atoms with Crippen molar-refractivity contribution in [1.29, 1.82) is 0 Å². The van der Waals surface area contributed by atoms with Crippen molar-refractivity contribution in [2.24, 2.45) is 0 Å². The molecule has 0 unspecified atom stereocenters. The summed E-state index contributed by atoms with van der Waals surface area (Å²) in [6.07, 6.45) is 0.738. The van der Waals surface area contributed by atoms with E-state index >= 15 is 0 Å². The molecule has 3 aromatic carbocycles. The van der Waals surface area contributed by atoms with Gasteiger partial charge in [0, 0.05) is 12.6 Å². The van der Waals surface area contributed by atoms with E-state index in [0.29, 0.717) is 11.4 Å². The minimum atomic E-state index is -4.08. The summed E-state index contributed by atoms with van der Waals surface area (Å²) < 4.78 is 33.8. The number of nitrogens with zero attached hydrogens (tertiary/aromatic N) is 2. The van der Waals surface area contributed by atoms with E-state index < -0.39 is 28.5 Å². The molecule has 0 aliphatic heterocycles. The van der Waals surface area contributed by atoms with Crippen LogP contribution in [0, 0.1) is 6.92 Å². The molecule has 0 bridgehead atoms. The van der Waals surface area contributed by atoms with Crippen LogP contribution in [0.3, 0.4) is 0 Å². The molecule has 3 aromatic rings. The van der Waals surface area contributed by atoms with E-state index in [-0.39, 0.29) is 23.4 Å². The second kappa shape index (κ2) is 13.3. The Labute approximate surface area is 231 Å². The van der Waals surface area contributed by atoms with Gasteiger partial charge in [0.1, 0.15) is 18.3 Å². The van der Waals surface area contributed by atoms with E-state index in [1.807, 2.05) is 32.9 Å². The molecule has 39 heavy (non-hydrogen) atoms. The molecule has 0 saturated carbocycles. The lowest BCUT2D eigenvalue weighted by atomic mass is 10.1. The number of methoxy groups -OCH3 is 1. The Hall–Kier alpha value is -3.85. The van der Waals surface area contributed by atoms with E-state index in [1.165, 1.54) is 17.0 Å². The van der Waals surface area contributed by atoms with Gasteiger partial charge in [-0.15, -0.1) is 0 Å². The number of benzene rings is 3. The Balaban J connectivity index is 2.00. The van der Waals surface area contributed by atoms with E-state index in [4.69, 9.17) is 4.74 Å². The second-order valence-electron chi connectivity index (χ2n) is 9.52. The fraction of sp³-hybridized carbons (Fsp3) is 0.333. The Morgan fingerprint density at radius 2 is 1.54 bits per heavy atom. The van der Waals surface area contributed by atoms with Gasteiger partial charge in [-0.3, -0.25) is 13.9 Å². The molecule has 8 nitrogen and oxygen atoms in total. The van der Waals surface area contributed by atoms with Gasteiger partial charge in [0.05, 0.1) is 17.7 Å². The highest BCUT2D eigenvalue weighted by Crippen LogP contribution is 2.25. The number of aryl methyl sites for hydroxylation is 1. The number of sulfonamides is 1. The monoisotopic (exact) mass is 551 g/mol. The Bertz CT molecular complexity index is 1340. The fourth-order valence-electron chi connectivity index (χ4n) is 3.94. The predicted molar refractivity (Wildman–Crippen MR) is 153 cm³/mol. The first-order chi connectivity index (χ1) is 18.6. The summed E-state index contributed by atoms with van der Waals surface area (Å²) in [7, 11) is -2.51. The summed E-state index contributed by atoms with van der Waals surface area (Å²) in [5.41, 5.74) is 2.10. The molecular weight excluding hydrogens is 514 g/mol. The average molecular weight is 552 g/mol. The quantitative estimate of drug-likeness (QED) is 0.357. The number of anilines is 1. The van der Waals surface area contributed by atoms with Gasteiger partial charge in [-0.2, -0.15) is 0 Å². The largest absolute Gasteiger partial charge is 0.497 e. The van der Waals surface area contributed by atoms with Gasteiger partial charge in [-0.1, -0.05) is 55.0 Å². The lowest BCUT2D eigenvalue weighted by Gasteiger charge is -2.32. The summed E-state index contributed by atoms with van der Waals surface area (Å²) in [6, 6.07) is 21.2. The molecule has 0 aliphatic carbocycles. The third kappa shape index (κ3) is 7.60. The van der Waals surface area contributed by atoms with Gasteiger partial charge in [0.2, 0.25) is 11.8 Å². The average Bonchev–Trinajstić information content (AvgIpc) is 2.95. The number of ether oxygens (including phenoxy) is 1. The first-order valence-electron chi connectivity index (χ1n) is 12.9. The summed E-state index contributed by atoms with van der Waals surface area (Å²) in [4.78, 5) is 28.5. The van der Waals surface area contributed by atoms with Crippen molar-refractivity contribution in [2.45, 2.75) is 57.6 Å². The van der Waals surface area contributed by atoms with Gasteiger partial charge >= 0.3 is 0 Å². The van der Waals surface area contributed by atoms with Gasteiger partial charge < -0.3 is 15.0 Å². The summed E-state index contributed by atoms with van der Waals surface area (Å²) in [5, 5.41) is 2.93. The first-order valence-corrected chi connectivity index (χ1v) is 14.4. The first kappa shape index (κ1) is 29.7. The van der Waals surface area contributed by atoms with Crippen LogP contribution in [-0.2, 0) is 26.2 Å². The Morgan fingerprint density at radius 1 is 0.923 bits per heavy atom. The molecular formula is C30H37N3O5S. The molecule has 208 valence electrons. The van der Waals surface area contributed by atoms with Crippen LogP contribution in [0.25, 0.3) is 0 Å². The lowest BCUT2D eigenvalue weighted by Crippen LogP contribution is -2.52. The zero-order valence-electron chi connectivity index (χ0n) is 23.1. The van der Waals surface area contributed by atoms with Crippen molar-refractivity contribution in [3.63, 3.8) is 0 Å². The number of amides is 2. The van der Waals surface area contributed by atoms with Crippen molar-refractivity contribution >= 4 is 27.5 Å². The van der Waals surface area contributed by atoms with Crippen LogP contribution in [0.15, 0.2) is 83.8 Å². The van der Waals surface area contributed by atoms with Gasteiger partial charge in [-0.25, -0.2) is 8.42 Å². The standard InChI is InChI=1S/C30H37N3O5S/c1-6-23(3)31-30(35)24(4)32(20-25-14-18-27(38-5)19-15-25)29(34)21-33(26-16-12-22(2)13-17-26)39(36,37)28-10-8-7-9-11-28/h7-19,23-24H,6,20-21H2,1-5H3,(H,31,35)/t23-,24+/m0/s1. The molecule has 0 fully saturated rings. The maximum atomic E-state index is 13.9. The van der Waals surface area contributed by atoms with Crippen LogP contribution in [0.1, 0.15) is 38.3 Å². The number of rotatable bonds is 12. The van der Waals surface area contributed by atoms with Gasteiger partial charge in [0.25, 0.3) is 10.0 Å². The molecule has 2 amide bonds. The van der Waals surface area contributed by atoms with E-state index in [9.17, 15) is 18.0 Å². The van der Waals surface area contributed by atoms with Crippen LogP contribution >= 0.6 is 0 Å². The lowest BCUT2D eigenvalue weighted by molar-refractivity contribution is -0.139. The molecule has 3 rings (SSSR count). The molecule has 0 spiro atoms. The van der Waals surface area contributed by atoms with Crippen molar-refractivity contribution in [3.8, 4) is 5.75 Å². The molecule has 1 N–H and O–H groups in total. The topological polar surface area (TPSA) is 96.0 Å². The maximum Gasteiger partial charge on any atom is 0.264 e. The zero-order chi connectivity index (χ0) is 28.6. The summed E-state index contributed by atoms with van der Waals surface area (Å²) >= 11 is 0. The number of carbonyl (C=O) groups is 2. The summed E-state index contributed by atoms with van der Waals surface area (Å²) in [5.74, 6) is -0.143. The van der Waals surface area contributed by atoms with Gasteiger partial charge in [-0.05, 0) is 69.2 Å². The number of hydrogen-bond acceptors (Lipinski definition) is 5. The minimum absolute atomic E-state index is 0.0691. The molecule has 0 saturated heterocycles. The second-order valence-corrected chi connectivity index (χ2v) is 11.4. The number of carbonyl (C=O) groups excluding carboxylic acids is 2. The van der Waals surface area contributed by atoms with Crippen molar-refractivity contribution in [1.82, 2.24) is 10.2 Å². The highest BCUT2D eigenvalue weighted by atomic mass is 32.2.